The highest BCUT2D eigenvalue weighted by Crippen LogP contribution is 2.53. The van der Waals surface area contributed by atoms with Gasteiger partial charge in [0.2, 0.25) is 0 Å². The summed E-state index contributed by atoms with van der Waals surface area (Å²) in [7, 11) is 0. The van der Waals surface area contributed by atoms with Crippen molar-refractivity contribution in [1.82, 2.24) is 0 Å². The SMILES string of the molecule is CC(C)(O)C(=O)c1ccc2c(c1)C(C)(c1ccc(C[C@@](C)(O)C=O)cc1)CC2(C)C. The van der Waals surface area contributed by atoms with Crippen molar-refractivity contribution in [2.24, 2.45) is 0 Å². The van der Waals surface area contributed by atoms with E-state index in [4.69, 9.17) is 0 Å². The Balaban J connectivity index is 2.05. The van der Waals surface area contributed by atoms with Gasteiger partial charge in [-0.2, -0.15) is 0 Å². The van der Waals surface area contributed by atoms with E-state index < -0.39 is 11.2 Å². The minimum absolute atomic E-state index is 0.0553. The van der Waals surface area contributed by atoms with Gasteiger partial charge in [-0.3, -0.25) is 4.79 Å². The molecule has 1 unspecified atom stereocenters. The van der Waals surface area contributed by atoms with Crippen molar-refractivity contribution in [3.05, 3.63) is 70.3 Å². The summed E-state index contributed by atoms with van der Waals surface area (Å²) in [6, 6.07) is 13.8. The molecule has 30 heavy (non-hydrogen) atoms. The van der Waals surface area contributed by atoms with E-state index in [1.165, 1.54) is 26.3 Å². The number of carbonyl (C=O) groups excluding carboxylic acids is 2. The van der Waals surface area contributed by atoms with Crippen molar-refractivity contribution in [2.75, 3.05) is 0 Å². The van der Waals surface area contributed by atoms with Gasteiger partial charge in [0.15, 0.2) is 12.1 Å². The summed E-state index contributed by atoms with van der Waals surface area (Å²) in [5.41, 5.74) is 1.71. The van der Waals surface area contributed by atoms with E-state index in [9.17, 15) is 19.8 Å². The minimum atomic E-state index is -1.42. The van der Waals surface area contributed by atoms with E-state index in [0.717, 1.165) is 23.1 Å². The first-order chi connectivity index (χ1) is 13.7. The summed E-state index contributed by atoms with van der Waals surface area (Å²) < 4.78 is 0. The first-order valence-corrected chi connectivity index (χ1v) is 10.4. The van der Waals surface area contributed by atoms with Crippen LogP contribution in [0.3, 0.4) is 0 Å². The summed E-state index contributed by atoms with van der Waals surface area (Å²) in [4.78, 5) is 23.7. The molecule has 0 spiro atoms. The van der Waals surface area contributed by atoms with Crippen LogP contribution >= 0.6 is 0 Å². The van der Waals surface area contributed by atoms with Crippen molar-refractivity contribution in [3.63, 3.8) is 0 Å². The summed E-state index contributed by atoms with van der Waals surface area (Å²) >= 11 is 0. The lowest BCUT2D eigenvalue weighted by Crippen LogP contribution is -2.31. The molecule has 4 nitrogen and oxygen atoms in total. The molecule has 2 atom stereocenters. The summed E-state index contributed by atoms with van der Waals surface area (Å²) in [5, 5.41) is 20.2. The van der Waals surface area contributed by atoms with Crippen LogP contribution in [0, 0.1) is 0 Å². The Morgan fingerprint density at radius 3 is 2.13 bits per heavy atom. The number of ketones is 1. The Labute approximate surface area is 179 Å². The van der Waals surface area contributed by atoms with Crippen LogP contribution in [0.1, 0.15) is 80.6 Å². The van der Waals surface area contributed by atoms with Crippen molar-refractivity contribution in [2.45, 2.75) is 76.4 Å². The summed E-state index contributed by atoms with van der Waals surface area (Å²) in [5.74, 6) is -0.288. The van der Waals surface area contributed by atoms with Gasteiger partial charge in [-0.15, -0.1) is 0 Å². The summed E-state index contributed by atoms with van der Waals surface area (Å²) in [6.07, 6.45) is 1.72. The number of fused-ring (bicyclic) bond motifs is 1. The van der Waals surface area contributed by atoms with E-state index >= 15 is 0 Å². The molecule has 0 saturated carbocycles. The molecule has 2 aromatic carbocycles. The highest BCUT2D eigenvalue weighted by molar-refractivity contribution is 6.02. The molecular formula is C26H32O4. The van der Waals surface area contributed by atoms with E-state index in [1.807, 2.05) is 42.5 Å². The zero-order valence-electron chi connectivity index (χ0n) is 18.7. The van der Waals surface area contributed by atoms with Crippen molar-refractivity contribution >= 4 is 12.1 Å². The molecular weight excluding hydrogens is 376 g/mol. The lowest BCUT2D eigenvalue weighted by molar-refractivity contribution is -0.122. The third kappa shape index (κ3) is 3.99. The second-order valence-corrected chi connectivity index (χ2v) is 10.4. The highest BCUT2D eigenvalue weighted by Gasteiger charge is 2.46. The molecule has 0 saturated heterocycles. The Morgan fingerprint density at radius 2 is 1.60 bits per heavy atom. The van der Waals surface area contributed by atoms with Gasteiger partial charge in [-0.1, -0.05) is 57.2 Å². The van der Waals surface area contributed by atoms with E-state index in [2.05, 4.69) is 20.8 Å². The van der Waals surface area contributed by atoms with Crippen LogP contribution in [0.2, 0.25) is 0 Å². The average molecular weight is 409 g/mol. The molecule has 0 aliphatic heterocycles. The van der Waals surface area contributed by atoms with Gasteiger partial charge in [0.25, 0.3) is 0 Å². The molecule has 0 heterocycles. The molecule has 1 aliphatic rings. The number of aliphatic hydroxyl groups is 2. The Kier molecular flexibility index (Phi) is 5.33. The second-order valence-electron chi connectivity index (χ2n) is 10.4. The Hall–Kier alpha value is -2.30. The van der Waals surface area contributed by atoms with Crippen LogP contribution in [0.15, 0.2) is 42.5 Å². The fraction of sp³-hybridized carbons (Fsp3) is 0.462. The molecule has 0 amide bonds. The van der Waals surface area contributed by atoms with Crippen molar-refractivity contribution < 1.29 is 19.8 Å². The first-order valence-electron chi connectivity index (χ1n) is 10.4. The van der Waals surface area contributed by atoms with Gasteiger partial charge >= 0.3 is 0 Å². The third-order valence-electron chi connectivity index (χ3n) is 6.36. The van der Waals surface area contributed by atoms with Crippen molar-refractivity contribution in [3.8, 4) is 0 Å². The number of hydrogen-bond acceptors (Lipinski definition) is 4. The van der Waals surface area contributed by atoms with Gasteiger partial charge in [0.05, 0.1) is 0 Å². The van der Waals surface area contributed by atoms with Gasteiger partial charge in [0.1, 0.15) is 11.2 Å². The quantitative estimate of drug-likeness (QED) is 0.557. The van der Waals surface area contributed by atoms with Crippen LogP contribution < -0.4 is 0 Å². The maximum absolute atomic E-state index is 12.7. The van der Waals surface area contributed by atoms with Gasteiger partial charge in [0, 0.05) is 17.4 Å². The number of Topliss-reactive ketones (excluding diaryl/α,β-unsaturated/α-hetero) is 1. The zero-order valence-corrected chi connectivity index (χ0v) is 18.7. The Bertz CT molecular complexity index is 977. The molecule has 4 heteroatoms. The molecule has 0 fully saturated rings. The second kappa shape index (κ2) is 7.14. The number of rotatable bonds is 6. The average Bonchev–Trinajstić information content (AvgIpc) is 2.87. The Morgan fingerprint density at radius 1 is 1.00 bits per heavy atom. The zero-order chi connectivity index (χ0) is 22.5. The lowest BCUT2D eigenvalue weighted by atomic mass is 9.74. The van der Waals surface area contributed by atoms with Crippen LogP contribution in [0.25, 0.3) is 0 Å². The normalized spacial score (nSPS) is 22.3. The smallest absolute Gasteiger partial charge is 0.193 e. The molecule has 1 aliphatic carbocycles. The van der Waals surface area contributed by atoms with Gasteiger partial charge in [-0.05, 0) is 60.9 Å². The molecule has 3 rings (SSSR count). The maximum Gasteiger partial charge on any atom is 0.193 e. The number of benzene rings is 2. The standard InChI is InChI=1S/C26H32O4/c1-23(2)15-26(6,19-10-7-17(8-11-19)14-25(5,30)16-27)21-13-18(9-12-20(21)23)22(28)24(3,4)29/h7-13,16,29-30H,14-15H2,1-6H3/t25-,26?/m1/s1. The fourth-order valence-electron chi connectivity index (χ4n) is 4.86. The van der Waals surface area contributed by atoms with E-state index in [-0.39, 0.29) is 23.0 Å². The van der Waals surface area contributed by atoms with Gasteiger partial charge in [-0.25, -0.2) is 0 Å². The minimum Gasteiger partial charge on any atom is -0.382 e. The molecule has 160 valence electrons. The molecule has 0 radical (unpaired) electrons. The summed E-state index contributed by atoms with van der Waals surface area (Å²) in [6.45, 7) is 11.1. The molecule has 0 aromatic heterocycles. The van der Waals surface area contributed by atoms with Crippen LogP contribution in [0.5, 0.6) is 0 Å². The first kappa shape index (κ1) is 22.4. The molecule has 2 aromatic rings. The number of hydrogen-bond donors (Lipinski definition) is 2. The van der Waals surface area contributed by atoms with E-state index in [1.54, 1.807) is 0 Å². The highest BCUT2D eigenvalue weighted by atomic mass is 16.3. The van der Waals surface area contributed by atoms with Crippen LogP contribution in [-0.4, -0.2) is 33.5 Å². The number of carbonyl (C=O) groups is 2. The van der Waals surface area contributed by atoms with Gasteiger partial charge < -0.3 is 15.0 Å². The fourth-order valence-corrected chi connectivity index (χ4v) is 4.86. The van der Waals surface area contributed by atoms with Crippen molar-refractivity contribution in [1.29, 1.82) is 0 Å². The molecule has 0 bridgehead atoms. The lowest BCUT2D eigenvalue weighted by Gasteiger charge is -2.29. The number of aldehydes is 1. The monoisotopic (exact) mass is 408 g/mol. The van der Waals surface area contributed by atoms with Crippen LogP contribution in [0.4, 0.5) is 0 Å². The third-order valence-corrected chi connectivity index (χ3v) is 6.36. The van der Waals surface area contributed by atoms with E-state index in [0.29, 0.717) is 11.8 Å². The maximum atomic E-state index is 12.7. The largest absolute Gasteiger partial charge is 0.382 e. The predicted molar refractivity (Wildman–Crippen MR) is 118 cm³/mol. The van der Waals surface area contributed by atoms with Crippen LogP contribution in [-0.2, 0) is 22.0 Å². The topological polar surface area (TPSA) is 74.6 Å². The molecule has 2 N–H and O–H groups in total. The predicted octanol–water partition coefficient (Wildman–Crippen LogP) is 4.12.